The van der Waals surface area contributed by atoms with Crippen molar-refractivity contribution in [3.05, 3.63) is 90.5 Å². The summed E-state index contributed by atoms with van der Waals surface area (Å²) in [5, 5.41) is 6.01. The molecular formula is C23H25N. The third-order valence-corrected chi connectivity index (χ3v) is 4.83. The molecule has 1 heteroatoms. The van der Waals surface area contributed by atoms with E-state index in [1.54, 1.807) is 0 Å². The van der Waals surface area contributed by atoms with E-state index in [1.165, 1.54) is 27.6 Å². The molecule has 0 radical (unpaired) electrons. The van der Waals surface area contributed by atoms with Crippen LogP contribution in [0.4, 0.5) is 5.69 Å². The van der Waals surface area contributed by atoms with Gasteiger partial charge < -0.3 is 5.32 Å². The highest BCUT2D eigenvalue weighted by molar-refractivity contribution is 5.91. The van der Waals surface area contributed by atoms with Crippen molar-refractivity contribution in [3.8, 4) is 0 Å². The van der Waals surface area contributed by atoms with Crippen molar-refractivity contribution in [2.24, 2.45) is 0 Å². The zero-order chi connectivity index (χ0) is 17.0. The Morgan fingerprint density at radius 3 is 2.38 bits per heavy atom. The van der Waals surface area contributed by atoms with Crippen LogP contribution < -0.4 is 5.32 Å². The van der Waals surface area contributed by atoms with Crippen LogP contribution in [0.1, 0.15) is 24.5 Å². The maximum absolute atomic E-state index is 4.03. The van der Waals surface area contributed by atoms with Crippen LogP contribution in [0.25, 0.3) is 10.8 Å². The smallest absolute Gasteiger partial charge is 0.0382 e. The number of nitrogens with one attached hydrogen (secondary N) is 1. The Morgan fingerprint density at radius 2 is 1.67 bits per heavy atom. The number of rotatable bonds is 6. The molecule has 24 heavy (non-hydrogen) atoms. The third-order valence-electron chi connectivity index (χ3n) is 4.83. The maximum Gasteiger partial charge on any atom is 0.0382 e. The van der Waals surface area contributed by atoms with Gasteiger partial charge in [0, 0.05) is 18.2 Å². The molecule has 1 nitrogen and oxygen atoms in total. The quantitative estimate of drug-likeness (QED) is 0.554. The molecule has 0 saturated heterocycles. The molecule has 0 spiro atoms. The second-order valence-corrected chi connectivity index (χ2v) is 6.68. The van der Waals surface area contributed by atoms with Crippen molar-refractivity contribution in [2.75, 3.05) is 12.4 Å². The minimum absolute atomic E-state index is 0.0116. The first kappa shape index (κ1) is 16.3. The summed E-state index contributed by atoms with van der Waals surface area (Å²) in [6, 6.07) is 23.8. The molecule has 0 bridgehead atoms. The van der Waals surface area contributed by atoms with Crippen molar-refractivity contribution in [1.29, 1.82) is 0 Å². The monoisotopic (exact) mass is 315 g/mol. The van der Waals surface area contributed by atoms with Crippen LogP contribution in [0.2, 0.25) is 0 Å². The average Bonchev–Trinajstić information content (AvgIpc) is 2.61. The first-order chi connectivity index (χ1) is 11.7. The van der Waals surface area contributed by atoms with Crippen LogP contribution in [0.3, 0.4) is 0 Å². The SMILES string of the molecule is C=CCC(C)(Cc1ccccc1)c1c(NC)ccc2ccccc12. The Labute approximate surface area is 145 Å². The molecule has 0 aliphatic rings. The molecule has 0 aliphatic heterocycles. The van der Waals surface area contributed by atoms with Crippen molar-refractivity contribution in [3.63, 3.8) is 0 Å². The van der Waals surface area contributed by atoms with Gasteiger partial charge in [-0.15, -0.1) is 6.58 Å². The van der Waals surface area contributed by atoms with Gasteiger partial charge >= 0.3 is 0 Å². The molecule has 3 aromatic rings. The van der Waals surface area contributed by atoms with E-state index in [0.29, 0.717) is 0 Å². The predicted molar refractivity (Wildman–Crippen MR) is 106 cm³/mol. The third kappa shape index (κ3) is 3.07. The Balaban J connectivity index is 2.21. The molecule has 3 aromatic carbocycles. The van der Waals surface area contributed by atoms with Crippen LogP contribution in [0.5, 0.6) is 0 Å². The summed E-state index contributed by atoms with van der Waals surface area (Å²) >= 11 is 0. The summed E-state index contributed by atoms with van der Waals surface area (Å²) in [4.78, 5) is 0. The molecule has 1 unspecified atom stereocenters. The number of hydrogen-bond acceptors (Lipinski definition) is 1. The Morgan fingerprint density at radius 1 is 0.958 bits per heavy atom. The number of anilines is 1. The minimum atomic E-state index is -0.0116. The highest BCUT2D eigenvalue weighted by Gasteiger charge is 2.30. The zero-order valence-corrected chi connectivity index (χ0v) is 14.5. The first-order valence-corrected chi connectivity index (χ1v) is 8.53. The number of allylic oxidation sites excluding steroid dienone is 1. The largest absolute Gasteiger partial charge is 0.388 e. The summed E-state index contributed by atoms with van der Waals surface area (Å²) in [6.45, 7) is 6.38. The van der Waals surface area contributed by atoms with Crippen LogP contribution in [0, 0.1) is 0 Å². The molecule has 0 aliphatic carbocycles. The van der Waals surface area contributed by atoms with Gasteiger partial charge in [0.15, 0.2) is 0 Å². The second-order valence-electron chi connectivity index (χ2n) is 6.68. The molecule has 0 heterocycles. The molecule has 0 saturated carbocycles. The van der Waals surface area contributed by atoms with E-state index in [1.807, 2.05) is 13.1 Å². The summed E-state index contributed by atoms with van der Waals surface area (Å²) in [5.74, 6) is 0. The molecule has 3 rings (SSSR count). The summed E-state index contributed by atoms with van der Waals surface area (Å²) < 4.78 is 0. The molecule has 1 atom stereocenters. The van der Waals surface area contributed by atoms with E-state index < -0.39 is 0 Å². The van der Waals surface area contributed by atoms with Crippen molar-refractivity contribution in [2.45, 2.75) is 25.2 Å². The summed E-state index contributed by atoms with van der Waals surface area (Å²) in [6.07, 6.45) is 3.97. The Bertz CT molecular complexity index is 835. The topological polar surface area (TPSA) is 12.0 Å². The number of benzene rings is 3. The van der Waals surface area contributed by atoms with Gasteiger partial charge in [-0.05, 0) is 40.8 Å². The Kier molecular flexibility index (Phi) is 4.71. The lowest BCUT2D eigenvalue weighted by atomic mass is 9.72. The fraction of sp³-hybridized carbons (Fsp3) is 0.217. The highest BCUT2D eigenvalue weighted by atomic mass is 14.8. The van der Waals surface area contributed by atoms with Gasteiger partial charge in [0.05, 0.1) is 0 Å². The van der Waals surface area contributed by atoms with Gasteiger partial charge in [0.25, 0.3) is 0 Å². The number of fused-ring (bicyclic) bond motifs is 1. The molecule has 0 fully saturated rings. The normalized spacial score (nSPS) is 13.4. The number of hydrogen-bond donors (Lipinski definition) is 1. The van der Waals surface area contributed by atoms with Gasteiger partial charge in [-0.2, -0.15) is 0 Å². The van der Waals surface area contributed by atoms with E-state index >= 15 is 0 Å². The lowest BCUT2D eigenvalue weighted by Gasteiger charge is -2.33. The highest BCUT2D eigenvalue weighted by Crippen LogP contribution is 2.41. The van der Waals surface area contributed by atoms with Gasteiger partial charge in [0.1, 0.15) is 0 Å². The van der Waals surface area contributed by atoms with E-state index in [9.17, 15) is 0 Å². The van der Waals surface area contributed by atoms with Crippen molar-refractivity contribution >= 4 is 16.5 Å². The van der Waals surface area contributed by atoms with E-state index in [0.717, 1.165) is 12.8 Å². The van der Waals surface area contributed by atoms with Gasteiger partial charge in [-0.3, -0.25) is 0 Å². The first-order valence-electron chi connectivity index (χ1n) is 8.53. The molecule has 122 valence electrons. The average molecular weight is 315 g/mol. The van der Waals surface area contributed by atoms with Gasteiger partial charge in [-0.1, -0.05) is 73.7 Å². The standard InChI is InChI=1S/C23H25N/c1-4-16-23(2,17-18-10-6-5-7-11-18)22-20-13-9-8-12-19(20)14-15-21(22)24-3/h4-15,24H,1,16-17H2,2-3H3. The van der Waals surface area contributed by atoms with Crippen LogP contribution in [0.15, 0.2) is 79.4 Å². The predicted octanol–water partition coefficient (Wildman–Crippen LogP) is 5.96. The van der Waals surface area contributed by atoms with E-state index in [4.69, 9.17) is 0 Å². The van der Waals surface area contributed by atoms with Crippen molar-refractivity contribution in [1.82, 2.24) is 0 Å². The zero-order valence-electron chi connectivity index (χ0n) is 14.5. The fourth-order valence-electron chi connectivity index (χ4n) is 3.76. The van der Waals surface area contributed by atoms with Crippen LogP contribution >= 0.6 is 0 Å². The molecular weight excluding hydrogens is 290 g/mol. The molecule has 0 aromatic heterocycles. The summed E-state index contributed by atoms with van der Waals surface area (Å²) in [5.41, 5.74) is 3.93. The van der Waals surface area contributed by atoms with Gasteiger partial charge in [0.2, 0.25) is 0 Å². The minimum Gasteiger partial charge on any atom is -0.388 e. The van der Waals surface area contributed by atoms with Gasteiger partial charge in [-0.25, -0.2) is 0 Å². The van der Waals surface area contributed by atoms with E-state index in [2.05, 4.69) is 85.5 Å². The lowest BCUT2D eigenvalue weighted by Crippen LogP contribution is -2.26. The fourth-order valence-corrected chi connectivity index (χ4v) is 3.76. The van der Waals surface area contributed by atoms with Crippen LogP contribution in [-0.2, 0) is 11.8 Å². The molecule has 1 N–H and O–H groups in total. The van der Waals surface area contributed by atoms with Crippen molar-refractivity contribution < 1.29 is 0 Å². The van der Waals surface area contributed by atoms with E-state index in [-0.39, 0.29) is 5.41 Å². The molecule has 0 amide bonds. The Hall–Kier alpha value is -2.54. The van der Waals surface area contributed by atoms with Crippen LogP contribution in [-0.4, -0.2) is 7.05 Å². The maximum atomic E-state index is 4.03. The summed E-state index contributed by atoms with van der Waals surface area (Å²) in [7, 11) is 2.00. The lowest BCUT2D eigenvalue weighted by molar-refractivity contribution is 0.481. The second kappa shape index (κ2) is 6.92.